The molecule has 0 aromatic carbocycles. The summed E-state index contributed by atoms with van der Waals surface area (Å²) in [6, 6.07) is 0. The highest BCUT2D eigenvalue weighted by molar-refractivity contribution is 5.66. The second kappa shape index (κ2) is 5.99. The van der Waals surface area contributed by atoms with Crippen LogP contribution in [-0.2, 0) is 23.7 Å². The molecule has 0 N–H and O–H groups in total. The summed E-state index contributed by atoms with van der Waals surface area (Å²) in [6.45, 7) is 9.07. The lowest BCUT2D eigenvalue weighted by Gasteiger charge is -2.45. The maximum absolute atomic E-state index is 11.2. The predicted molar refractivity (Wildman–Crippen MR) is 66.1 cm³/mol. The lowest BCUT2D eigenvalue weighted by Crippen LogP contribution is -2.58. The van der Waals surface area contributed by atoms with Crippen LogP contribution in [0.15, 0.2) is 0 Å². The minimum atomic E-state index is -0.594. The van der Waals surface area contributed by atoms with Gasteiger partial charge in [0.25, 0.3) is 0 Å². The molecule has 0 aliphatic carbocycles. The fourth-order valence-corrected chi connectivity index (χ4v) is 2.28. The standard InChI is InChI=1S/C13H24O5/c1-8(2)16-11-7-13(5,15-6)12(9(3)17-11)18-10(4)14/h8-9,11-12H,7H2,1-6H3/t9-,11+,12-,13+/m0/s1. The highest BCUT2D eigenvalue weighted by Crippen LogP contribution is 2.34. The van der Waals surface area contributed by atoms with Gasteiger partial charge in [0.15, 0.2) is 12.4 Å². The number of ether oxygens (including phenoxy) is 4. The Labute approximate surface area is 109 Å². The molecule has 0 aromatic rings. The summed E-state index contributed by atoms with van der Waals surface area (Å²) in [5, 5.41) is 0. The van der Waals surface area contributed by atoms with Crippen molar-refractivity contribution in [2.75, 3.05) is 7.11 Å². The summed E-state index contributed by atoms with van der Waals surface area (Å²) in [4.78, 5) is 11.2. The van der Waals surface area contributed by atoms with E-state index in [9.17, 15) is 4.79 Å². The number of rotatable bonds is 4. The van der Waals surface area contributed by atoms with Gasteiger partial charge in [0.2, 0.25) is 0 Å². The van der Waals surface area contributed by atoms with Crippen molar-refractivity contribution < 1.29 is 23.7 Å². The molecule has 0 bridgehead atoms. The van der Waals surface area contributed by atoms with Crippen molar-refractivity contribution >= 4 is 5.97 Å². The van der Waals surface area contributed by atoms with E-state index in [2.05, 4.69) is 0 Å². The van der Waals surface area contributed by atoms with Gasteiger partial charge in [0.1, 0.15) is 5.60 Å². The third-order valence-electron chi connectivity index (χ3n) is 3.15. The third-order valence-corrected chi connectivity index (χ3v) is 3.15. The molecule has 0 amide bonds. The molecule has 5 heteroatoms. The van der Waals surface area contributed by atoms with E-state index in [0.29, 0.717) is 6.42 Å². The van der Waals surface area contributed by atoms with E-state index in [0.717, 1.165) is 0 Å². The molecule has 1 aliphatic heterocycles. The molecule has 18 heavy (non-hydrogen) atoms. The van der Waals surface area contributed by atoms with E-state index in [1.165, 1.54) is 6.92 Å². The Morgan fingerprint density at radius 2 is 2.06 bits per heavy atom. The van der Waals surface area contributed by atoms with E-state index in [4.69, 9.17) is 18.9 Å². The molecule has 0 radical (unpaired) electrons. The fraction of sp³-hybridized carbons (Fsp3) is 0.923. The largest absolute Gasteiger partial charge is 0.457 e. The molecule has 1 fully saturated rings. The Morgan fingerprint density at radius 1 is 1.44 bits per heavy atom. The monoisotopic (exact) mass is 260 g/mol. The van der Waals surface area contributed by atoms with Gasteiger partial charge >= 0.3 is 5.97 Å². The van der Waals surface area contributed by atoms with Gasteiger partial charge in [-0.3, -0.25) is 4.79 Å². The number of carbonyl (C=O) groups excluding carboxylic acids is 1. The number of carbonyl (C=O) groups is 1. The molecule has 0 aromatic heterocycles. The molecule has 1 aliphatic rings. The summed E-state index contributed by atoms with van der Waals surface area (Å²) >= 11 is 0. The van der Waals surface area contributed by atoms with Crippen molar-refractivity contribution in [1.29, 1.82) is 0 Å². The van der Waals surface area contributed by atoms with Crippen LogP contribution >= 0.6 is 0 Å². The summed E-state index contributed by atoms with van der Waals surface area (Å²) in [5.41, 5.74) is -0.594. The van der Waals surface area contributed by atoms with Gasteiger partial charge in [-0.05, 0) is 27.7 Å². The zero-order chi connectivity index (χ0) is 13.9. The lowest BCUT2D eigenvalue weighted by atomic mass is 9.88. The second-order valence-electron chi connectivity index (χ2n) is 5.21. The molecular weight excluding hydrogens is 236 g/mol. The quantitative estimate of drug-likeness (QED) is 0.722. The van der Waals surface area contributed by atoms with Crippen LogP contribution in [-0.4, -0.2) is 43.3 Å². The zero-order valence-electron chi connectivity index (χ0n) is 12.1. The molecule has 0 unspecified atom stereocenters. The Hall–Kier alpha value is -0.650. The van der Waals surface area contributed by atoms with Crippen LogP contribution in [0.3, 0.4) is 0 Å². The number of hydrogen-bond acceptors (Lipinski definition) is 5. The Bertz CT molecular complexity index is 291. The van der Waals surface area contributed by atoms with Crippen molar-refractivity contribution in [1.82, 2.24) is 0 Å². The van der Waals surface area contributed by atoms with Crippen LogP contribution in [0.1, 0.15) is 41.0 Å². The maximum atomic E-state index is 11.2. The molecule has 0 spiro atoms. The average Bonchev–Trinajstić information content (AvgIpc) is 2.22. The molecule has 1 rings (SSSR count). The van der Waals surface area contributed by atoms with Crippen LogP contribution in [0.2, 0.25) is 0 Å². The summed E-state index contributed by atoms with van der Waals surface area (Å²) in [7, 11) is 1.61. The van der Waals surface area contributed by atoms with Crippen LogP contribution in [0, 0.1) is 0 Å². The maximum Gasteiger partial charge on any atom is 0.303 e. The van der Waals surface area contributed by atoms with Crippen molar-refractivity contribution in [3.8, 4) is 0 Å². The normalized spacial score (nSPS) is 36.7. The van der Waals surface area contributed by atoms with Crippen LogP contribution in [0.25, 0.3) is 0 Å². The molecule has 1 saturated heterocycles. The van der Waals surface area contributed by atoms with Crippen molar-refractivity contribution in [3.05, 3.63) is 0 Å². The Morgan fingerprint density at radius 3 is 2.50 bits per heavy atom. The van der Waals surface area contributed by atoms with Gasteiger partial charge in [-0.15, -0.1) is 0 Å². The first kappa shape index (κ1) is 15.4. The molecule has 106 valence electrons. The number of hydrogen-bond donors (Lipinski definition) is 0. The first-order valence-corrected chi connectivity index (χ1v) is 6.31. The lowest BCUT2D eigenvalue weighted by molar-refractivity contribution is -0.288. The second-order valence-corrected chi connectivity index (χ2v) is 5.21. The summed E-state index contributed by atoms with van der Waals surface area (Å²) < 4.78 is 22.3. The van der Waals surface area contributed by atoms with E-state index in [1.54, 1.807) is 7.11 Å². The average molecular weight is 260 g/mol. The summed E-state index contributed by atoms with van der Waals surface area (Å²) in [6.07, 6.45) is -0.419. The molecule has 0 saturated carbocycles. The van der Waals surface area contributed by atoms with Gasteiger partial charge in [-0.2, -0.15) is 0 Å². The Kier molecular flexibility index (Phi) is 5.13. The number of esters is 1. The van der Waals surface area contributed by atoms with Crippen molar-refractivity contribution in [3.63, 3.8) is 0 Å². The van der Waals surface area contributed by atoms with Crippen LogP contribution in [0.4, 0.5) is 0 Å². The van der Waals surface area contributed by atoms with Gasteiger partial charge < -0.3 is 18.9 Å². The van der Waals surface area contributed by atoms with E-state index in [-0.39, 0.29) is 24.5 Å². The van der Waals surface area contributed by atoms with Crippen molar-refractivity contribution in [2.45, 2.75) is 71.2 Å². The van der Waals surface area contributed by atoms with E-state index >= 15 is 0 Å². The third kappa shape index (κ3) is 3.67. The summed E-state index contributed by atoms with van der Waals surface area (Å²) in [5.74, 6) is -0.332. The number of methoxy groups -OCH3 is 1. The van der Waals surface area contributed by atoms with E-state index < -0.39 is 11.7 Å². The minimum Gasteiger partial charge on any atom is -0.457 e. The van der Waals surface area contributed by atoms with Crippen molar-refractivity contribution in [2.24, 2.45) is 0 Å². The van der Waals surface area contributed by atoms with Gasteiger partial charge in [0, 0.05) is 20.5 Å². The topological polar surface area (TPSA) is 54.0 Å². The van der Waals surface area contributed by atoms with Gasteiger partial charge in [-0.1, -0.05) is 0 Å². The highest BCUT2D eigenvalue weighted by Gasteiger charge is 2.48. The molecule has 1 heterocycles. The van der Waals surface area contributed by atoms with Crippen LogP contribution in [0.5, 0.6) is 0 Å². The first-order chi connectivity index (χ1) is 8.28. The molecule has 4 atom stereocenters. The highest BCUT2D eigenvalue weighted by atomic mass is 16.7. The predicted octanol–water partition coefficient (Wildman–Crippen LogP) is 1.88. The van der Waals surface area contributed by atoms with Gasteiger partial charge in [0.05, 0.1) is 12.2 Å². The van der Waals surface area contributed by atoms with Gasteiger partial charge in [-0.25, -0.2) is 0 Å². The zero-order valence-corrected chi connectivity index (χ0v) is 12.1. The smallest absolute Gasteiger partial charge is 0.303 e. The Balaban J connectivity index is 2.80. The van der Waals surface area contributed by atoms with E-state index in [1.807, 2.05) is 27.7 Å². The first-order valence-electron chi connectivity index (χ1n) is 6.31. The minimum absolute atomic E-state index is 0.0774. The molecular formula is C13H24O5. The molecule has 5 nitrogen and oxygen atoms in total. The fourth-order valence-electron chi connectivity index (χ4n) is 2.28. The SMILES string of the molecule is CO[C@]1(C)C[C@H](OC(C)C)O[C@@H](C)[C@@H]1OC(C)=O. The van der Waals surface area contributed by atoms with Crippen LogP contribution < -0.4 is 0 Å².